The third kappa shape index (κ3) is 8.47. The topological polar surface area (TPSA) is 87.3 Å². The molecule has 0 saturated carbocycles. The van der Waals surface area contributed by atoms with Gasteiger partial charge in [-0.1, -0.05) is 59.6 Å². The normalized spacial score (nSPS) is 11.9. The van der Waals surface area contributed by atoms with E-state index in [4.69, 9.17) is 23.2 Å². The molecule has 4 aromatic rings. The van der Waals surface area contributed by atoms with E-state index in [1.165, 1.54) is 11.8 Å². The number of anilines is 2. The minimum absolute atomic E-state index is 0.0706. The maximum absolute atomic E-state index is 13.2. The minimum atomic E-state index is -0.491. The molecule has 4 rings (SSSR count). The second kappa shape index (κ2) is 14.0. The van der Waals surface area contributed by atoms with Crippen LogP contribution in [0.1, 0.15) is 28.4 Å². The average molecular weight is 605 g/mol. The third-order valence-corrected chi connectivity index (χ3v) is 7.80. The first kappa shape index (κ1) is 29.9. The van der Waals surface area contributed by atoms with E-state index in [1.807, 2.05) is 38.1 Å². The van der Waals surface area contributed by atoms with Crippen LogP contribution >= 0.6 is 35.0 Å². The van der Waals surface area contributed by atoms with Crippen molar-refractivity contribution in [1.29, 1.82) is 0 Å². The molecule has 208 valence electrons. The average Bonchev–Trinajstić information content (AvgIpc) is 2.97. The summed E-state index contributed by atoms with van der Waals surface area (Å²) in [4.78, 5) is 39.7. The number of benzene rings is 4. The van der Waals surface area contributed by atoms with Crippen LogP contribution < -0.4 is 16.0 Å². The van der Waals surface area contributed by atoms with Crippen LogP contribution in [0.15, 0.2) is 108 Å². The number of hydrogen-bond donors (Lipinski definition) is 3. The van der Waals surface area contributed by atoms with Crippen molar-refractivity contribution in [1.82, 2.24) is 5.32 Å². The highest BCUT2D eigenvalue weighted by Gasteiger charge is 2.17. The molecule has 3 N–H and O–H groups in total. The molecule has 0 radical (unpaired) electrons. The molecule has 0 aromatic heterocycles. The van der Waals surface area contributed by atoms with Gasteiger partial charge in [-0.05, 0) is 91.7 Å². The Bertz CT molecular complexity index is 1570. The highest BCUT2D eigenvalue weighted by atomic mass is 35.5. The van der Waals surface area contributed by atoms with Gasteiger partial charge in [-0.25, -0.2) is 0 Å². The lowest BCUT2D eigenvalue weighted by Crippen LogP contribution is -2.30. The maximum Gasteiger partial charge on any atom is 0.272 e. The number of carbonyl (C=O) groups excluding carboxylic acids is 3. The predicted molar refractivity (Wildman–Crippen MR) is 169 cm³/mol. The van der Waals surface area contributed by atoms with Gasteiger partial charge in [0.05, 0.1) is 5.25 Å². The summed E-state index contributed by atoms with van der Waals surface area (Å²) in [6.45, 7) is 3.67. The highest BCUT2D eigenvalue weighted by molar-refractivity contribution is 8.00. The molecular formula is C32H27Cl2N3O3S. The molecular weight excluding hydrogens is 577 g/mol. The summed E-state index contributed by atoms with van der Waals surface area (Å²) in [6.07, 6.45) is 1.58. The number of carbonyl (C=O) groups is 3. The summed E-state index contributed by atoms with van der Waals surface area (Å²) in [6, 6.07) is 28.1. The quantitative estimate of drug-likeness (QED) is 0.134. The van der Waals surface area contributed by atoms with Crippen molar-refractivity contribution in [3.63, 3.8) is 0 Å². The summed E-state index contributed by atoms with van der Waals surface area (Å²) < 4.78 is 0. The number of rotatable bonds is 9. The summed E-state index contributed by atoms with van der Waals surface area (Å²) in [7, 11) is 0. The van der Waals surface area contributed by atoms with Crippen LogP contribution in [-0.2, 0) is 9.59 Å². The van der Waals surface area contributed by atoms with Gasteiger partial charge in [0.1, 0.15) is 5.70 Å². The molecule has 0 aliphatic carbocycles. The monoisotopic (exact) mass is 603 g/mol. The highest BCUT2D eigenvalue weighted by Crippen LogP contribution is 2.28. The fraction of sp³-hybridized carbons (Fsp3) is 0.0938. The fourth-order valence-electron chi connectivity index (χ4n) is 3.72. The Labute approximate surface area is 253 Å². The van der Waals surface area contributed by atoms with Crippen molar-refractivity contribution in [2.75, 3.05) is 10.6 Å². The van der Waals surface area contributed by atoms with Crippen molar-refractivity contribution in [2.24, 2.45) is 0 Å². The summed E-state index contributed by atoms with van der Waals surface area (Å²) >= 11 is 13.5. The standard InChI is InChI=1S/C32H27Cl2N3O3S/c1-20-27(34)9-6-10-28(20)36-30(38)21(2)41-26-17-15-25(16-18-26)35-32(40)29(19-22-11-13-24(33)14-12-22)37-31(39)23-7-4-3-5-8-23/h3-19,21H,1-2H3,(H,35,40)(H,36,38)(H,37,39)/b29-19-. The Hall–Kier alpha value is -4.04. The van der Waals surface area contributed by atoms with Crippen molar-refractivity contribution >= 4 is 70.1 Å². The molecule has 3 amide bonds. The summed E-state index contributed by atoms with van der Waals surface area (Å²) in [5.74, 6) is -1.05. The van der Waals surface area contributed by atoms with Gasteiger partial charge in [-0.15, -0.1) is 11.8 Å². The molecule has 0 heterocycles. The second-order valence-corrected chi connectivity index (χ2v) is 11.3. The molecule has 4 aromatic carbocycles. The first-order valence-corrected chi connectivity index (χ1v) is 14.3. The molecule has 0 spiro atoms. The predicted octanol–water partition coefficient (Wildman–Crippen LogP) is 7.83. The lowest BCUT2D eigenvalue weighted by molar-refractivity contribution is -0.115. The van der Waals surface area contributed by atoms with E-state index in [0.717, 1.165) is 10.5 Å². The van der Waals surface area contributed by atoms with Gasteiger partial charge in [0.15, 0.2) is 0 Å². The number of hydrogen-bond acceptors (Lipinski definition) is 4. The van der Waals surface area contributed by atoms with Gasteiger partial charge in [-0.2, -0.15) is 0 Å². The molecule has 0 fully saturated rings. The lowest BCUT2D eigenvalue weighted by atomic mass is 10.1. The third-order valence-electron chi connectivity index (χ3n) is 6.03. The van der Waals surface area contributed by atoms with E-state index in [-0.39, 0.29) is 16.9 Å². The molecule has 0 saturated heterocycles. The van der Waals surface area contributed by atoms with E-state index < -0.39 is 11.8 Å². The minimum Gasteiger partial charge on any atom is -0.325 e. The molecule has 0 bridgehead atoms. The lowest BCUT2D eigenvalue weighted by Gasteiger charge is -2.15. The smallest absolute Gasteiger partial charge is 0.272 e. The van der Waals surface area contributed by atoms with E-state index in [1.54, 1.807) is 78.9 Å². The van der Waals surface area contributed by atoms with E-state index in [9.17, 15) is 14.4 Å². The van der Waals surface area contributed by atoms with E-state index in [0.29, 0.717) is 32.5 Å². The molecule has 41 heavy (non-hydrogen) atoms. The summed E-state index contributed by atoms with van der Waals surface area (Å²) in [5.41, 5.74) is 3.20. The van der Waals surface area contributed by atoms with E-state index in [2.05, 4.69) is 16.0 Å². The van der Waals surface area contributed by atoms with Crippen LogP contribution in [0, 0.1) is 6.92 Å². The van der Waals surface area contributed by atoms with Gasteiger partial charge in [0.2, 0.25) is 5.91 Å². The molecule has 1 atom stereocenters. The Morgan fingerprint density at radius 3 is 2.17 bits per heavy atom. The van der Waals surface area contributed by atoms with E-state index >= 15 is 0 Å². The first-order valence-electron chi connectivity index (χ1n) is 12.7. The van der Waals surface area contributed by atoms with Crippen LogP contribution in [0.3, 0.4) is 0 Å². The van der Waals surface area contributed by atoms with Crippen molar-refractivity contribution < 1.29 is 14.4 Å². The maximum atomic E-state index is 13.2. The molecule has 0 aliphatic heterocycles. The van der Waals surface area contributed by atoms with Gasteiger partial charge in [0, 0.05) is 31.9 Å². The van der Waals surface area contributed by atoms with Gasteiger partial charge in [-0.3, -0.25) is 14.4 Å². The van der Waals surface area contributed by atoms with Gasteiger partial charge in [0.25, 0.3) is 11.8 Å². The number of halogens is 2. The molecule has 1 unspecified atom stereocenters. The largest absolute Gasteiger partial charge is 0.325 e. The van der Waals surface area contributed by atoms with Crippen molar-refractivity contribution in [3.8, 4) is 0 Å². The Morgan fingerprint density at radius 2 is 1.49 bits per heavy atom. The number of amides is 3. The SMILES string of the molecule is Cc1c(Cl)cccc1NC(=O)C(C)Sc1ccc(NC(=O)/C(=C/c2ccc(Cl)cc2)NC(=O)c2ccccc2)cc1. The van der Waals surface area contributed by atoms with Crippen LogP contribution in [0.2, 0.25) is 10.0 Å². The van der Waals surface area contributed by atoms with Crippen LogP contribution in [0.4, 0.5) is 11.4 Å². The molecule has 9 heteroatoms. The number of thioether (sulfide) groups is 1. The van der Waals surface area contributed by atoms with Gasteiger partial charge < -0.3 is 16.0 Å². The van der Waals surface area contributed by atoms with Gasteiger partial charge >= 0.3 is 0 Å². The first-order chi connectivity index (χ1) is 19.7. The Kier molecular flexibility index (Phi) is 10.2. The van der Waals surface area contributed by atoms with Crippen LogP contribution in [0.5, 0.6) is 0 Å². The Morgan fingerprint density at radius 1 is 0.805 bits per heavy atom. The van der Waals surface area contributed by atoms with Crippen LogP contribution in [-0.4, -0.2) is 23.0 Å². The second-order valence-electron chi connectivity index (χ2n) is 9.07. The zero-order valence-corrected chi connectivity index (χ0v) is 24.6. The number of nitrogens with one attached hydrogen (secondary N) is 3. The Balaban J connectivity index is 1.43. The molecule has 0 aliphatic rings. The van der Waals surface area contributed by atoms with Crippen molar-refractivity contribution in [3.05, 3.63) is 129 Å². The molecule has 6 nitrogen and oxygen atoms in total. The zero-order valence-electron chi connectivity index (χ0n) is 22.3. The van der Waals surface area contributed by atoms with Crippen LogP contribution in [0.25, 0.3) is 6.08 Å². The zero-order chi connectivity index (χ0) is 29.4. The fourth-order valence-corrected chi connectivity index (χ4v) is 4.89. The van der Waals surface area contributed by atoms with Crippen molar-refractivity contribution in [2.45, 2.75) is 24.0 Å². The summed E-state index contributed by atoms with van der Waals surface area (Å²) in [5, 5.41) is 9.24.